The summed E-state index contributed by atoms with van der Waals surface area (Å²) in [4.78, 5) is 11.5. The number of carbonyl (C=O) groups excluding carboxylic acids is 1. The molecule has 2 aromatic rings. The molecule has 0 fully saturated rings. The van der Waals surface area contributed by atoms with E-state index < -0.39 is 12.3 Å². The first-order chi connectivity index (χ1) is 12.0. The summed E-state index contributed by atoms with van der Waals surface area (Å²) >= 11 is 0. The molecule has 2 rings (SSSR count). The van der Waals surface area contributed by atoms with Crippen molar-refractivity contribution >= 4 is 6.16 Å². The predicted octanol–water partition coefficient (Wildman–Crippen LogP) is 5.06. The molecule has 0 N–H and O–H groups in total. The quantitative estimate of drug-likeness (QED) is 0.627. The first-order valence-electron chi connectivity index (χ1n) is 8.32. The molecule has 0 bridgehead atoms. The van der Waals surface area contributed by atoms with Gasteiger partial charge in [0, 0.05) is 0 Å². The number of hydrogen-bond donors (Lipinski definition) is 0. The normalized spacial score (nSPS) is 11.7. The van der Waals surface area contributed by atoms with Gasteiger partial charge < -0.3 is 18.9 Å². The van der Waals surface area contributed by atoms with Gasteiger partial charge in [0.2, 0.25) is 0 Å². The van der Waals surface area contributed by atoms with E-state index in [9.17, 15) is 4.79 Å². The highest BCUT2D eigenvalue weighted by Gasteiger charge is 2.12. The summed E-state index contributed by atoms with van der Waals surface area (Å²) in [6.07, 6.45) is -1.07. The lowest BCUT2D eigenvalue weighted by molar-refractivity contribution is 0.00899. The van der Waals surface area contributed by atoms with Gasteiger partial charge in [-0.3, -0.25) is 0 Å². The molecule has 1 atom stereocenters. The summed E-state index contributed by atoms with van der Waals surface area (Å²) in [7, 11) is 0. The molecule has 0 aromatic heterocycles. The van der Waals surface area contributed by atoms with Crippen LogP contribution in [0.3, 0.4) is 0 Å². The molecule has 25 heavy (non-hydrogen) atoms. The van der Waals surface area contributed by atoms with Gasteiger partial charge in [0.05, 0.1) is 6.61 Å². The van der Waals surface area contributed by atoms with Gasteiger partial charge in [0.15, 0.2) is 0 Å². The highest BCUT2D eigenvalue weighted by atomic mass is 16.7. The molecular formula is C20H24O5. The number of ether oxygens (including phenoxy) is 4. The second-order valence-electron chi connectivity index (χ2n) is 6.08. The first kappa shape index (κ1) is 18.6. The summed E-state index contributed by atoms with van der Waals surface area (Å²) in [6, 6.07) is 16.8. The summed E-state index contributed by atoms with van der Waals surface area (Å²) in [5.74, 6) is 2.44. The summed E-state index contributed by atoms with van der Waals surface area (Å²) in [5, 5.41) is 0. The van der Waals surface area contributed by atoms with E-state index >= 15 is 0 Å². The Kier molecular flexibility index (Phi) is 7.14. The topological polar surface area (TPSA) is 54.0 Å². The van der Waals surface area contributed by atoms with Gasteiger partial charge in [0.25, 0.3) is 0 Å². The Bertz CT molecular complexity index is 637. The fourth-order valence-electron chi connectivity index (χ4n) is 1.91. The summed E-state index contributed by atoms with van der Waals surface area (Å²) in [6.45, 7) is 6.27. The lowest BCUT2D eigenvalue weighted by Crippen LogP contribution is -2.23. The summed E-state index contributed by atoms with van der Waals surface area (Å²) < 4.78 is 21.4. The van der Waals surface area contributed by atoms with Gasteiger partial charge in [-0.1, -0.05) is 32.0 Å². The molecular weight excluding hydrogens is 320 g/mol. The van der Waals surface area contributed by atoms with Gasteiger partial charge >= 0.3 is 6.16 Å². The zero-order chi connectivity index (χ0) is 18.1. The van der Waals surface area contributed by atoms with E-state index in [1.165, 1.54) is 0 Å². The van der Waals surface area contributed by atoms with Gasteiger partial charge in [-0.15, -0.1) is 0 Å². The SMILES string of the molecule is CC(C)COC(=O)OC(C)COc1ccc(Oc2ccccc2)cc1. The molecule has 0 heterocycles. The van der Waals surface area contributed by atoms with Crippen molar-refractivity contribution in [1.29, 1.82) is 0 Å². The van der Waals surface area contributed by atoms with Crippen LogP contribution in [0.2, 0.25) is 0 Å². The summed E-state index contributed by atoms with van der Waals surface area (Å²) in [5.41, 5.74) is 0. The Morgan fingerprint density at radius 3 is 2.08 bits per heavy atom. The molecule has 1 unspecified atom stereocenters. The van der Waals surface area contributed by atoms with Gasteiger partial charge in [-0.05, 0) is 49.2 Å². The van der Waals surface area contributed by atoms with E-state index in [0.29, 0.717) is 12.4 Å². The van der Waals surface area contributed by atoms with Crippen molar-refractivity contribution in [3.8, 4) is 17.2 Å². The zero-order valence-electron chi connectivity index (χ0n) is 14.8. The molecule has 0 aliphatic heterocycles. The van der Waals surface area contributed by atoms with E-state index in [4.69, 9.17) is 18.9 Å². The van der Waals surface area contributed by atoms with Crippen LogP contribution < -0.4 is 9.47 Å². The molecule has 5 nitrogen and oxygen atoms in total. The minimum absolute atomic E-state index is 0.246. The Hall–Kier alpha value is -2.69. The fraction of sp³-hybridized carbons (Fsp3) is 0.350. The van der Waals surface area contributed by atoms with Crippen LogP contribution in [0.25, 0.3) is 0 Å². The minimum atomic E-state index is -0.670. The van der Waals surface area contributed by atoms with Crippen molar-refractivity contribution in [2.24, 2.45) is 5.92 Å². The third-order valence-corrected chi connectivity index (χ3v) is 3.12. The van der Waals surface area contributed by atoms with Crippen LogP contribution in [0.4, 0.5) is 4.79 Å². The fourth-order valence-corrected chi connectivity index (χ4v) is 1.91. The van der Waals surface area contributed by atoms with Crippen molar-refractivity contribution in [3.05, 3.63) is 54.6 Å². The smallest absolute Gasteiger partial charge is 0.490 e. The molecule has 0 saturated heterocycles. The lowest BCUT2D eigenvalue weighted by atomic mass is 10.2. The number of carbonyl (C=O) groups is 1. The molecule has 0 amide bonds. The molecule has 5 heteroatoms. The Morgan fingerprint density at radius 2 is 1.44 bits per heavy atom. The van der Waals surface area contributed by atoms with E-state index in [1.807, 2.05) is 68.4 Å². The van der Waals surface area contributed by atoms with E-state index in [2.05, 4.69) is 0 Å². The molecule has 0 spiro atoms. The van der Waals surface area contributed by atoms with E-state index in [1.54, 1.807) is 6.92 Å². The monoisotopic (exact) mass is 344 g/mol. The molecule has 134 valence electrons. The van der Waals surface area contributed by atoms with E-state index in [-0.39, 0.29) is 12.5 Å². The third kappa shape index (κ3) is 7.16. The number of para-hydroxylation sites is 1. The molecule has 0 aliphatic rings. The van der Waals surface area contributed by atoms with Gasteiger partial charge in [0.1, 0.15) is 30.0 Å². The number of hydrogen-bond acceptors (Lipinski definition) is 5. The maximum atomic E-state index is 11.5. The van der Waals surface area contributed by atoms with Crippen molar-refractivity contribution in [2.75, 3.05) is 13.2 Å². The van der Waals surface area contributed by atoms with Crippen molar-refractivity contribution in [1.82, 2.24) is 0 Å². The zero-order valence-corrected chi connectivity index (χ0v) is 14.8. The van der Waals surface area contributed by atoms with Gasteiger partial charge in [-0.2, -0.15) is 0 Å². The maximum Gasteiger partial charge on any atom is 0.508 e. The Labute approximate surface area is 148 Å². The average Bonchev–Trinajstić information content (AvgIpc) is 2.60. The van der Waals surface area contributed by atoms with Crippen LogP contribution in [0.5, 0.6) is 17.2 Å². The Balaban J connectivity index is 1.74. The number of rotatable bonds is 8. The highest BCUT2D eigenvalue weighted by molar-refractivity contribution is 5.60. The van der Waals surface area contributed by atoms with Crippen LogP contribution in [-0.4, -0.2) is 25.5 Å². The third-order valence-electron chi connectivity index (χ3n) is 3.12. The average molecular weight is 344 g/mol. The molecule has 0 radical (unpaired) electrons. The van der Waals surface area contributed by atoms with Crippen LogP contribution in [0.1, 0.15) is 20.8 Å². The van der Waals surface area contributed by atoms with Crippen LogP contribution in [0.15, 0.2) is 54.6 Å². The Morgan fingerprint density at radius 1 is 0.840 bits per heavy atom. The highest BCUT2D eigenvalue weighted by Crippen LogP contribution is 2.23. The van der Waals surface area contributed by atoms with Crippen LogP contribution >= 0.6 is 0 Å². The predicted molar refractivity (Wildman–Crippen MR) is 95.2 cm³/mol. The van der Waals surface area contributed by atoms with Crippen LogP contribution in [-0.2, 0) is 9.47 Å². The van der Waals surface area contributed by atoms with Crippen molar-refractivity contribution in [2.45, 2.75) is 26.9 Å². The minimum Gasteiger partial charge on any atom is -0.490 e. The second-order valence-corrected chi connectivity index (χ2v) is 6.08. The van der Waals surface area contributed by atoms with Crippen LogP contribution in [0, 0.1) is 5.92 Å². The maximum absolute atomic E-state index is 11.5. The largest absolute Gasteiger partial charge is 0.508 e. The second kappa shape index (κ2) is 9.57. The molecule has 0 saturated carbocycles. The number of benzene rings is 2. The van der Waals surface area contributed by atoms with Gasteiger partial charge in [-0.25, -0.2) is 4.79 Å². The lowest BCUT2D eigenvalue weighted by Gasteiger charge is -2.15. The van der Waals surface area contributed by atoms with E-state index in [0.717, 1.165) is 11.5 Å². The van der Waals surface area contributed by atoms with Crippen molar-refractivity contribution in [3.63, 3.8) is 0 Å². The first-order valence-corrected chi connectivity index (χ1v) is 8.32. The van der Waals surface area contributed by atoms with Crippen molar-refractivity contribution < 1.29 is 23.7 Å². The standard InChI is InChI=1S/C20H24O5/c1-15(2)13-23-20(21)24-16(3)14-22-17-9-11-19(12-10-17)25-18-7-5-4-6-8-18/h4-12,15-16H,13-14H2,1-3H3. The molecule has 0 aliphatic carbocycles. The molecule has 2 aromatic carbocycles.